The largest absolute Gasteiger partial charge is 0.371 e. The van der Waals surface area contributed by atoms with Crippen molar-refractivity contribution in [3.05, 3.63) is 18.3 Å². The quantitative estimate of drug-likeness (QED) is 0.821. The fourth-order valence-corrected chi connectivity index (χ4v) is 1.97. The third-order valence-electron chi connectivity index (χ3n) is 2.65. The van der Waals surface area contributed by atoms with Gasteiger partial charge in [0.25, 0.3) is 0 Å². The second-order valence-corrected chi connectivity index (χ2v) is 4.39. The smallest absolute Gasteiger partial charge is 0.128 e. The third-order valence-corrected chi connectivity index (χ3v) is 2.65. The van der Waals surface area contributed by atoms with E-state index in [1.54, 1.807) is 0 Å². The van der Waals surface area contributed by atoms with Gasteiger partial charge in [-0.2, -0.15) is 0 Å². The van der Waals surface area contributed by atoms with E-state index in [2.05, 4.69) is 41.2 Å². The van der Waals surface area contributed by atoms with E-state index in [0.717, 1.165) is 5.82 Å². The molecule has 1 saturated heterocycles. The van der Waals surface area contributed by atoms with Crippen molar-refractivity contribution in [2.75, 3.05) is 23.3 Å². The molecule has 1 N–H and O–H groups in total. The molecular formula is C12H19N3. The van der Waals surface area contributed by atoms with Crippen LogP contribution in [0.15, 0.2) is 18.3 Å². The minimum absolute atomic E-state index is 0.436. The molecule has 1 aromatic heterocycles. The lowest BCUT2D eigenvalue weighted by atomic mass is 10.3. The van der Waals surface area contributed by atoms with Crippen molar-refractivity contribution in [3.8, 4) is 0 Å². The van der Waals surface area contributed by atoms with E-state index in [1.165, 1.54) is 31.6 Å². The molecule has 0 aromatic carbocycles. The molecule has 0 bridgehead atoms. The van der Waals surface area contributed by atoms with Crippen molar-refractivity contribution >= 4 is 11.5 Å². The lowest BCUT2D eigenvalue weighted by molar-refractivity contribution is 0.887. The summed E-state index contributed by atoms with van der Waals surface area (Å²) < 4.78 is 0. The van der Waals surface area contributed by atoms with E-state index in [-0.39, 0.29) is 0 Å². The first kappa shape index (κ1) is 10.3. The number of hydrogen-bond acceptors (Lipinski definition) is 3. The van der Waals surface area contributed by atoms with Crippen LogP contribution in [-0.2, 0) is 0 Å². The van der Waals surface area contributed by atoms with Crippen molar-refractivity contribution in [1.82, 2.24) is 4.98 Å². The zero-order valence-electron chi connectivity index (χ0n) is 9.53. The summed E-state index contributed by atoms with van der Waals surface area (Å²) in [4.78, 5) is 6.74. The van der Waals surface area contributed by atoms with Crippen LogP contribution in [-0.4, -0.2) is 24.1 Å². The van der Waals surface area contributed by atoms with Crippen molar-refractivity contribution in [2.45, 2.75) is 32.7 Å². The van der Waals surface area contributed by atoms with Gasteiger partial charge in [-0.3, -0.25) is 0 Å². The van der Waals surface area contributed by atoms with Gasteiger partial charge in [-0.25, -0.2) is 4.98 Å². The van der Waals surface area contributed by atoms with Crippen molar-refractivity contribution in [1.29, 1.82) is 0 Å². The fraction of sp³-hybridized carbons (Fsp3) is 0.583. The molecule has 0 aliphatic carbocycles. The second kappa shape index (κ2) is 4.51. The predicted molar refractivity (Wildman–Crippen MR) is 64.4 cm³/mol. The molecule has 15 heavy (non-hydrogen) atoms. The van der Waals surface area contributed by atoms with Crippen LogP contribution < -0.4 is 10.2 Å². The molecule has 1 aromatic rings. The number of hydrogen-bond donors (Lipinski definition) is 1. The van der Waals surface area contributed by atoms with Gasteiger partial charge in [0.05, 0.1) is 0 Å². The van der Waals surface area contributed by atoms with Crippen molar-refractivity contribution < 1.29 is 0 Å². The summed E-state index contributed by atoms with van der Waals surface area (Å²) in [5, 5.41) is 3.33. The zero-order valence-corrected chi connectivity index (χ0v) is 9.53. The van der Waals surface area contributed by atoms with Crippen LogP contribution in [0, 0.1) is 0 Å². The summed E-state index contributed by atoms with van der Waals surface area (Å²) in [6.45, 7) is 6.63. The Morgan fingerprint density at radius 2 is 2.07 bits per heavy atom. The number of anilines is 2. The summed E-state index contributed by atoms with van der Waals surface area (Å²) in [6, 6.07) is 4.67. The Bertz CT molecular complexity index is 316. The molecule has 0 spiro atoms. The number of nitrogens with one attached hydrogen (secondary N) is 1. The maximum absolute atomic E-state index is 4.31. The van der Waals surface area contributed by atoms with Gasteiger partial charge in [-0.05, 0) is 32.8 Å². The maximum Gasteiger partial charge on any atom is 0.128 e. The maximum atomic E-state index is 4.31. The second-order valence-electron chi connectivity index (χ2n) is 4.39. The molecule has 2 rings (SSSR count). The number of rotatable bonds is 3. The highest BCUT2D eigenvalue weighted by Crippen LogP contribution is 2.21. The molecule has 2 heterocycles. The fourth-order valence-electron chi connectivity index (χ4n) is 1.97. The summed E-state index contributed by atoms with van der Waals surface area (Å²) in [7, 11) is 0. The van der Waals surface area contributed by atoms with Crippen molar-refractivity contribution in [3.63, 3.8) is 0 Å². The van der Waals surface area contributed by atoms with Gasteiger partial charge in [0.1, 0.15) is 5.82 Å². The van der Waals surface area contributed by atoms with Crippen LogP contribution in [0.4, 0.5) is 11.5 Å². The highest BCUT2D eigenvalue weighted by atomic mass is 15.1. The van der Waals surface area contributed by atoms with Crippen LogP contribution >= 0.6 is 0 Å². The van der Waals surface area contributed by atoms with Gasteiger partial charge in [0.15, 0.2) is 0 Å². The molecule has 82 valence electrons. The first-order chi connectivity index (χ1) is 7.25. The first-order valence-corrected chi connectivity index (χ1v) is 5.73. The Labute approximate surface area is 91.5 Å². The average molecular weight is 205 g/mol. The zero-order chi connectivity index (χ0) is 10.7. The van der Waals surface area contributed by atoms with E-state index in [4.69, 9.17) is 0 Å². The van der Waals surface area contributed by atoms with Gasteiger partial charge < -0.3 is 10.2 Å². The minimum Gasteiger partial charge on any atom is -0.371 e. The average Bonchev–Trinajstić information content (AvgIpc) is 2.69. The third kappa shape index (κ3) is 2.61. The van der Waals surface area contributed by atoms with E-state index >= 15 is 0 Å². The highest BCUT2D eigenvalue weighted by Gasteiger charge is 2.12. The summed E-state index contributed by atoms with van der Waals surface area (Å²) in [5.74, 6) is 0.981. The van der Waals surface area contributed by atoms with Crippen molar-refractivity contribution in [2.24, 2.45) is 0 Å². The minimum atomic E-state index is 0.436. The van der Waals surface area contributed by atoms with Gasteiger partial charge in [-0.1, -0.05) is 0 Å². The van der Waals surface area contributed by atoms with Gasteiger partial charge >= 0.3 is 0 Å². The Morgan fingerprint density at radius 3 is 2.73 bits per heavy atom. The molecule has 0 amide bonds. The van der Waals surface area contributed by atoms with E-state index in [1.807, 2.05) is 6.20 Å². The van der Waals surface area contributed by atoms with E-state index in [0.29, 0.717) is 6.04 Å². The summed E-state index contributed by atoms with van der Waals surface area (Å²) >= 11 is 0. The Kier molecular flexibility index (Phi) is 3.09. The number of nitrogens with zero attached hydrogens (tertiary/aromatic N) is 2. The molecule has 3 nitrogen and oxygen atoms in total. The molecule has 0 atom stereocenters. The first-order valence-electron chi connectivity index (χ1n) is 5.73. The molecular weight excluding hydrogens is 186 g/mol. The molecule has 1 aliphatic rings. The summed E-state index contributed by atoms with van der Waals surface area (Å²) in [5.41, 5.74) is 1.30. The van der Waals surface area contributed by atoms with E-state index < -0.39 is 0 Å². The summed E-state index contributed by atoms with van der Waals surface area (Å²) in [6.07, 6.45) is 4.52. The topological polar surface area (TPSA) is 28.2 Å². The molecule has 1 aliphatic heterocycles. The molecule has 0 radical (unpaired) electrons. The van der Waals surface area contributed by atoms with Crippen LogP contribution in [0.5, 0.6) is 0 Å². The monoisotopic (exact) mass is 205 g/mol. The van der Waals surface area contributed by atoms with E-state index in [9.17, 15) is 0 Å². The Morgan fingerprint density at radius 1 is 1.33 bits per heavy atom. The van der Waals surface area contributed by atoms with Crippen LogP contribution in [0.3, 0.4) is 0 Å². The predicted octanol–water partition coefficient (Wildman–Crippen LogP) is 2.50. The number of aromatic nitrogens is 1. The van der Waals surface area contributed by atoms with Gasteiger partial charge in [-0.15, -0.1) is 0 Å². The van der Waals surface area contributed by atoms with Crippen LogP contribution in [0.1, 0.15) is 26.7 Å². The molecule has 0 saturated carbocycles. The van der Waals surface area contributed by atoms with Crippen LogP contribution in [0.2, 0.25) is 0 Å². The lowest BCUT2D eigenvalue weighted by Gasteiger charge is -2.18. The van der Waals surface area contributed by atoms with Gasteiger partial charge in [0.2, 0.25) is 0 Å². The van der Waals surface area contributed by atoms with Gasteiger partial charge in [0, 0.05) is 37.1 Å². The Hall–Kier alpha value is -1.25. The number of pyridine rings is 1. The normalized spacial score (nSPS) is 16.1. The van der Waals surface area contributed by atoms with Crippen LogP contribution in [0.25, 0.3) is 0 Å². The molecule has 1 fully saturated rings. The SMILES string of the molecule is CC(C)Nc1cc(N2CCCC2)ccn1. The molecule has 3 heteroatoms. The Balaban J connectivity index is 2.11. The highest BCUT2D eigenvalue weighted by molar-refractivity contribution is 5.54. The standard InChI is InChI=1S/C12H19N3/c1-10(2)14-12-9-11(5-6-13-12)15-7-3-4-8-15/h5-6,9-10H,3-4,7-8H2,1-2H3,(H,13,14). The lowest BCUT2D eigenvalue weighted by Crippen LogP contribution is -2.18. The molecule has 0 unspecified atom stereocenters.